The number of hydrogen-bond acceptors (Lipinski definition) is 2. The van der Waals surface area contributed by atoms with Crippen molar-refractivity contribution < 1.29 is 0 Å². The van der Waals surface area contributed by atoms with Crippen LogP contribution in [0.1, 0.15) is 11.3 Å². The molecule has 0 N–H and O–H groups in total. The fraction of sp³-hybridized carbons (Fsp3) is 0.200. The number of aromatic nitrogens is 2. The first-order valence-electron chi connectivity index (χ1n) is 6.10. The normalized spacial score (nSPS) is 11.3. The molecule has 0 aliphatic rings. The lowest BCUT2D eigenvalue weighted by atomic mass is 10.0. The number of para-hydroxylation sites is 1. The van der Waals surface area contributed by atoms with E-state index in [0.717, 1.165) is 44.5 Å². The minimum Gasteiger partial charge on any atom is -0.254 e. The highest BCUT2D eigenvalue weighted by Gasteiger charge is 2.13. The van der Waals surface area contributed by atoms with Crippen molar-refractivity contribution in [3.8, 4) is 0 Å². The lowest BCUT2D eigenvalue weighted by Gasteiger charge is -2.11. The molecule has 1 aromatic carbocycles. The largest absolute Gasteiger partial charge is 0.254 e. The fourth-order valence-corrected chi connectivity index (χ4v) is 3.01. The third-order valence-corrected chi connectivity index (χ3v) is 3.92. The van der Waals surface area contributed by atoms with Gasteiger partial charge in [-0.05, 0) is 25.0 Å². The molecule has 0 saturated heterocycles. The smallest absolute Gasteiger partial charge is 0.0910 e. The molecule has 0 unspecified atom stereocenters. The van der Waals surface area contributed by atoms with Gasteiger partial charge in [0.25, 0.3) is 0 Å². The number of halogens is 2. The van der Waals surface area contributed by atoms with Crippen molar-refractivity contribution in [3.63, 3.8) is 0 Å². The molecular formula is C15H12Cl2N2. The van der Waals surface area contributed by atoms with E-state index in [-0.39, 0.29) is 0 Å². The maximum Gasteiger partial charge on any atom is 0.0910 e. The lowest BCUT2D eigenvalue weighted by Crippen LogP contribution is -1.98. The Hall–Kier alpha value is -1.38. The van der Waals surface area contributed by atoms with Gasteiger partial charge in [0.1, 0.15) is 0 Å². The highest BCUT2D eigenvalue weighted by atomic mass is 35.5. The predicted octanol–water partition coefficient (Wildman–Crippen LogP) is 4.53. The molecule has 0 aliphatic carbocycles. The zero-order valence-corrected chi connectivity index (χ0v) is 12.0. The van der Waals surface area contributed by atoms with Crippen LogP contribution in [0.5, 0.6) is 0 Å². The summed E-state index contributed by atoms with van der Waals surface area (Å²) in [5.74, 6) is 0.538. The maximum absolute atomic E-state index is 6.58. The molecule has 96 valence electrons. The maximum atomic E-state index is 6.58. The van der Waals surface area contributed by atoms with Gasteiger partial charge in [-0.15, -0.1) is 11.6 Å². The highest BCUT2D eigenvalue weighted by molar-refractivity contribution is 6.38. The number of aryl methyl sites for hydroxylation is 1. The van der Waals surface area contributed by atoms with Gasteiger partial charge in [-0.3, -0.25) is 9.97 Å². The molecule has 0 aliphatic heterocycles. The fourth-order valence-electron chi connectivity index (χ4n) is 2.39. The van der Waals surface area contributed by atoms with Crippen LogP contribution in [0.2, 0.25) is 5.02 Å². The number of hydrogen-bond donors (Lipinski definition) is 0. The summed E-state index contributed by atoms with van der Waals surface area (Å²) in [6.07, 6.45) is 2.51. The Morgan fingerprint density at radius 2 is 1.95 bits per heavy atom. The SMILES string of the molecule is Cc1nc2cnc3ccccc3c2c(Cl)c1CCCl. The number of fused-ring (bicyclic) bond motifs is 3. The number of benzene rings is 1. The van der Waals surface area contributed by atoms with Gasteiger partial charge in [-0.2, -0.15) is 0 Å². The quantitative estimate of drug-likeness (QED) is 0.512. The van der Waals surface area contributed by atoms with Crippen molar-refractivity contribution in [2.45, 2.75) is 13.3 Å². The molecule has 0 saturated carbocycles. The molecule has 0 spiro atoms. The van der Waals surface area contributed by atoms with Crippen LogP contribution in [0.15, 0.2) is 30.5 Å². The molecule has 2 nitrogen and oxygen atoms in total. The molecular weight excluding hydrogens is 279 g/mol. The molecule has 0 fully saturated rings. The third kappa shape index (κ3) is 2.05. The van der Waals surface area contributed by atoms with E-state index in [1.807, 2.05) is 31.2 Å². The molecule has 3 rings (SSSR count). The second kappa shape index (κ2) is 4.95. The first kappa shape index (κ1) is 12.6. The summed E-state index contributed by atoms with van der Waals surface area (Å²) in [6, 6.07) is 7.96. The van der Waals surface area contributed by atoms with Crippen molar-refractivity contribution in [3.05, 3.63) is 46.7 Å². The summed E-state index contributed by atoms with van der Waals surface area (Å²) >= 11 is 12.4. The second-order valence-electron chi connectivity index (χ2n) is 4.46. The summed E-state index contributed by atoms with van der Waals surface area (Å²) in [5.41, 5.74) is 3.72. The molecule has 4 heteroatoms. The average Bonchev–Trinajstić information content (AvgIpc) is 2.42. The number of nitrogens with zero attached hydrogens (tertiary/aromatic N) is 2. The van der Waals surface area contributed by atoms with Crippen LogP contribution < -0.4 is 0 Å². The average molecular weight is 291 g/mol. The number of pyridine rings is 2. The lowest BCUT2D eigenvalue weighted by molar-refractivity contribution is 1.07. The first-order chi connectivity index (χ1) is 9.22. The van der Waals surface area contributed by atoms with E-state index in [2.05, 4.69) is 9.97 Å². The third-order valence-electron chi connectivity index (χ3n) is 3.31. The van der Waals surface area contributed by atoms with E-state index in [4.69, 9.17) is 23.2 Å². The van der Waals surface area contributed by atoms with Crippen LogP contribution in [-0.4, -0.2) is 15.8 Å². The Kier molecular flexibility index (Phi) is 3.29. The number of rotatable bonds is 2. The predicted molar refractivity (Wildman–Crippen MR) is 81.2 cm³/mol. The summed E-state index contributed by atoms with van der Waals surface area (Å²) < 4.78 is 0. The van der Waals surface area contributed by atoms with Gasteiger partial charge < -0.3 is 0 Å². The summed E-state index contributed by atoms with van der Waals surface area (Å²) in [6.45, 7) is 1.96. The Bertz CT molecular complexity index is 769. The molecule has 3 aromatic rings. The van der Waals surface area contributed by atoms with E-state index in [1.54, 1.807) is 6.20 Å². The Labute approximate surface area is 121 Å². The van der Waals surface area contributed by atoms with Gasteiger partial charge >= 0.3 is 0 Å². The molecule has 0 radical (unpaired) electrons. The van der Waals surface area contributed by atoms with Gasteiger partial charge in [0, 0.05) is 22.3 Å². The van der Waals surface area contributed by atoms with E-state index in [1.165, 1.54) is 0 Å². The monoisotopic (exact) mass is 290 g/mol. The summed E-state index contributed by atoms with van der Waals surface area (Å²) in [7, 11) is 0. The van der Waals surface area contributed by atoms with Crippen molar-refractivity contribution in [2.75, 3.05) is 5.88 Å². The van der Waals surface area contributed by atoms with E-state index in [0.29, 0.717) is 5.88 Å². The minimum atomic E-state index is 0.538. The first-order valence-corrected chi connectivity index (χ1v) is 7.02. The van der Waals surface area contributed by atoms with Gasteiger partial charge in [-0.1, -0.05) is 29.8 Å². The van der Waals surface area contributed by atoms with Crippen LogP contribution in [0, 0.1) is 6.92 Å². The number of alkyl halides is 1. The molecule has 19 heavy (non-hydrogen) atoms. The standard InChI is InChI=1S/C15H12Cl2N2/c1-9-10(6-7-16)15(17)14-11-4-2-3-5-12(11)18-8-13(14)19-9/h2-5,8H,6-7H2,1H3. The molecule has 2 heterocycles. The molecule has 0 bridgehead atoms. The van der Waals surface area contributed by atoms with Crippen molar-refractivity contribution in [2.24, 2.45) is 0 Å². The van der Waals surface area contributed by atoms with E-state index < -0.39 is 0 Å². The van der Waals surface area contributed by atoms with Crippen LogP contribution in [-0.2, 0) is 6.42 Å². The van der Waals surface area contributed by atoms with Gasteiger partial charge in [0.2, 0.25) is 0 Å². The summed E-state index contributed by atoms with van der Waals surface area (Å²) in [4.78, 5) is 9.02. The molecule has 0 atom stereocenters. The van der Waals surface area contributed by atoms with Gasteiger partial charge in [0.15, 0.2) is 0 Å². The van der Waals surface area contributed by atoms with E-state index in [9.17, 15) is 0 Å². The second-order valence-corrected chi connectivity index (χ2v) is 5.22. The van der Waals surface area contributed by atoms with Gasteiger partial charge in [-0.25, -0.2) is 0 Å². The Balaban J connectivity index is 2.47. The molecule has 2 aromatic heterocycles. The van der Waals surface area contributed by atoms with Crippen LogP contribution >= 0.6 is 23.2 Å². The highest BCUT2D eigenvalue weighted by Crippen LogP contribution is 2.33. The zero-order valence-electron chi connectivity index (χ0n) is 10.5. The Morgan fingerprint density at radius 1 is 1.16 bits per heavy atom. The van der Waals surface area contributed by atoms with Crippen molar-refractivity contribution >= 4 is 45.0 Å². The topological polar surface area (TPSA) is 25.8 Å². The van der Waals surface area contributed by atoms with E-state index >= 15 is 0 Å². The van der Waals surface area contributed by atoms with Gasteiger partial charge in [0.05, 0.1) is 22.3 Å². The zero-order chi connectivity index (χ0) is 13.4. The summed E-state index contributed by atoms with van der Waals surface area (Å²) in [5, 5.41) is 2.76. The minimum absolute atomic E-state index is 0.538. The van der Waals surface area contributed by atoms with Crippen LogP contribution in [0.25, 0.3) is 21.8 Å². The van der Waals surface area contributed by atoms with Crippen LogP contribution in [0.3, 0.4) is 0 Å². The van der Waals surface area contributed by atoms with Crippen LogP contribution in [0.4, 0.5) is 0 Å². The van der Waals surface area contributed by atoms with Crippen molar-refractivity contribution in [1.29, 1.82) is 0 Å². The molecule has 0 amide bonds. The van der Waals surface area contributed by atoms with Crippen molar-refractivity contribution in [1.82, 2.24) is 9.97 Å². The Morgan fingerprint density at radius 3 is 2.74 bits per heavy atom.